The Kier molecular flexibility index (Phi) is 11.2. The summed E-state index contributed by atoms with van der Waals surface area (Å²) in [6.45, 7) is 1.67. The Morgan fingerprint density at radius 2 is 2.25 bits per heavy atom. The predicted octanol–water partition coefficient (Wildman–Crippen LogP) is 0.407. The third kappa shape index (κ3) is 9.90. The Hall–Kier alpha value is 0.760. The molecular weight excluding hydrogens is 138 g/mol. The third-order valence-electron chi connectivity index (χ3n) is 0.382. The molecule has 8 heavy (non-hydrogen) atoms. The van der Waals surface area contributed by atoms with Gasteiger partial charge in [0.2, 0.25) is 0 Å². The van der Waals surface area contributed by atoms with E-state index in [2.05, 4.69) is 4.74 Å². The van der Waals surface area contributed by atoms with Gasteiger partial charge in [-0.05, 0) is 0 Å². The van der Waals surface area contributed by atoms with Crippen molar-refractivity contribution in [2.24, 2.45) is 0 Å². The van der Waals surface area contributed by atoms with Crippen LogP contribution < -0.4 is 0 Å². The van der Waals surface area contributed by atoms with E-state index in [1.54, 1.807) is 0 Å². The topological polar surface area (TPSA) is 26.3 Å². The summed E-state index contributed by atoms with van der Waals surface area (Å²) in [6, 6.07) is 0. The average molecular weight is 146 g/mol. The van der Waals surface area contributed by atoms with Crippen molar-refractivity contribution in [2.75, 3.05) is 12.5 Å². The molecule has 0 fully saturated rings. The SMILES string of the molecule is CC(=O)OCCCl.[Na]. The van der Waals surface area contributed by atoms with Crippen LogP contribution in [0.25, 0.3) is 0 Å². The molecule has 0 aromatic heterocycles. The second kappa shape index (κ2) is 7.76. The van der Waals surface area contributed by atoms with Crippen LogP contribution in [-0.2, 0) is 9.53 Å². The van der Waals surface area contributed by atoms with Gasteiger partial charge in [0.25, 0.3) is 0 Å². The van der Waals surface area contributed by atoms with E-state index in [9.17, 15) is 4.79 Å². The standard InChI is InChI=1S/C4H7ClO2.Na/c1-4(6)7-3-2-5;/h2-3H2,1H3;. The monoisotopic (exact) mass is 145 g/mol. The maximum Gasteiger partial charge on any atom is 0.302 e. The van der Waals surface area contributed by atoms with Gasteiger partial charge in [0.1, 0.15) is 6.61 Å². The zero-order valence-corrected chi connectivity index (χ0v) is 7.86. The molecule has 0 saturated heterocycles. The average Bonchev–Trinajstić information content (AvgIpc) is 1.61. The number of rotatable bonds is 2. The molecule has 0 saturated carbocycles. The molecule has 0 aromatic rings. The summed E-state index contributed by atoms with van der Waals surface area (Å²) in [4.78, 5) is 9.92. The van der Waals surface area contributed by atoms with Crippen LogP contribution in [0.3, 0.4) is 0 Å². The van der Waals surface area contributed by atoms with E-state index in [0.29, 0.717) is 12.5 Å². The second-order valence-electron chi connectivity index (χ2n) is 1.03. The van der Waals surface area contributed by atoms with Crippen LogP contribution in [-0.4, -0.2) is 48.0 Å². The van der Waals surface area contributed by atoms with Crippen LogP contribution in [0, 0.1) is 0 Å². The molecule has 0 heterocycles. The van der Waals surface area contributed by atoms with Gasteiger partial charge in [-0.3, -0.25) is 4.79 Å². The molecule has 0 aliphatic carbocycles. The molecule has 1 radical (unpaired) electrons. The van der Waals surface area contributed by atoms with E-state index < -0.39 is 0 Å². The minimum absolute atomic E-state index is 0. The first-order chi connectivity index (χ1) is 3.27. The molecule has 0 atom stereocenters. The van der Waals surface area contributed by atoms with Crippen LogP contribution >= 0.6 is 11.6 Å². The molecule has 0 unspecified atom stereocenters. The number of hydrogen-bond acceptors (Lipinski definition) is 2. The van der Waals surface area contributed by atoms with Crippen LogP contribution in [0.4, 0.5) is 0 Å². The fraction of sp³-hybridized carbons (Fsp3) is 0.750. The van der Waals surface area contributed by atoms with Crippen molar-refractivity contribution < 1.29 is 9.53 Å². The number of ether oxygens (including phenoxy) is 1. The first-order valence-electron chi connectivity index (χ1n) is 1.96. The summed E-state index contributed by atoms with van der Waals surface area (Å²) in [6.07, 6.45) is 0. The van der Waals surface area contributed by atoms with Crippen LogP contribution in [0.1, 0.15) is 6.92 Å². The summed E-state index contributed by atoms with van der Waals surface area (Å²) in [5, 5.41) is 0. The van der Waals surface area contributed by atoms with Gasteiger partial charge < -0.3 is 4.74 Å². The number of esters is 1. The van der Waals surface area contributed by atoms with E-state index in [-0.39, 0.29) is 35.5 Å². The fourth-order valence-corrected chi connectivity index (χ4v) is 0.259. The van der Waals surface area contributed by atoms with Gasteiger partial charge in [-0.15, -0.1) is 11.6 Å². The maximum atomic E-state index is 9.92. The Labute approximate surface area is 75.8 Å². The van der Waals surface area contributed by atoms with Gasteiger partial charge >= 0.3 is 5.97 Å². The van der Waals surface area contributed by atoms with Crippen molar-refractivity contribution in [1.82, 2.24) is 0 Å². The van der Waals surface area contributed by atoms with E-state index >= 15 is 0 Å². The summed E-state index contributed by atoms with van der Waals surface area (Å²) in [5.41, 5.74) is 0. The largest absolute Gasteiger partial charge is 0.465 e. The Morgan fingerprint density at radius 1 is 1.75 bits per heavy atom. The van der Waals surface area contributed by atoms with Crippen molar-refractivity contribution in [3.05, 3.63) is 0 Å². The second-order valence-corrected chi connectivity index (χ2v) is 1.41. The molecule has 0 rings (SSSR count). The zero-order valence-electron chi connectivity index (χ0n) is 5.11. The number of halogens is 1. The summed E-state index contributed by atoms with van der Waals surface area (Å²) < 4.78 is 4.42. The normalized spacial score (nSPS) is 7.25. The summed E-state index contributed by atoms with van der Waals surface area (Å²) in [5.74, 6) is 0.0974. The van der Waals surface area contributed by atoms with Crippen molar-refractivity contribution in [3.63, 3.8) is 0 Å². The minimum atomic E-state index is -0.277. The molecule has 0 N–H and O–H groups in total. The van der Waals surface area contributed by atoms with E-state index in [1.165, 1.54) is 6.92 Å². The first-order valence-corrected chi connectivity index (χ1v) is 2.50. The van der Waals surface area contributed by atoms with Gasteiger partial charge in [0.15, 0.2) is 0 Å². The Bertz CT molecular complexity index is 67.1. The molecule has 0 amide bonds. The summed E-state index contributed by atoms with van der Waals surface area (Å²) >= 11 is 5.17. The van der Waals surface area contributed by atoms with Gasteiger partial charge in [0.05, 0.1) is 5.88 Å². The first kappa shape index (κ1) is 11.5. The molecule has 4 heteroatoms. The van der Waals surface area contributed by atoms with Crippen molar-refractivity contribution in [1.29, 1.82) is 0 Å². The van der Waals surface area contributed by atoms with E-state index in [1.807, 2.05) is 0 Å². The molecule has 0 aromatic carbocycles. The number of carbonyl (C=O) groups excluding carboxylic acids is 1. The summed E-state index contributed by atoms with van der Waals surface area (Å²) in [7, 11) is 0. The molecule has 0 aliphatic heterocycles. The molecule has 0 spiro atoms. The smallest absolute Gasteiger partial charge is 0.302 e. The fourth-order valence-electron chi connectivity index (χ4n) is 0.182. The zero-order chi connectivity index (χ0) is 5.70. The molecule has 43 valence electrons. The van der Waals surface area contributed by atoms with Gasteiger partial charge in [-0.25, -0.2) is 0 Å². The van der Waals surface area contributed by atoms with E-state index in [0.717, 1.165) is 0 Å². The molecule has 2 nitrogen and oxygen atoms in total. The van der Waals surface area contributed by atoms with E-state index in [4.69, 9.17) is 11.6 Å². The maximum absolute atomic E-state index is 9.92. The van der Waals surface area contributed by atoms with Gasteiger partial charge in [0, 0.05) is 36.5 Å². The molecular formula is C4H7ClNaO2. The van der Waals surface area contributed by atoms with Crippen LogP contribution in [0.15, 0.2) is 0 Å². The number of hydrogen-bond donors (Lipinski definition) is 0. The van der Waals surface area contributed by atoms with Gasteiger partial charge in [-0.1, -0.05) is 0 Å². The van der Waals surface area contributed by atoms with Gasteiger partial charge in [-0.2, -0.15) is 0 Å². The third-order valence-corrected chi connectivity index (χ3v) is 0.537. The van der Waals surface area contributed by atoms with Crippen LogP contribution in [0.2, 0.25) is 0 Å². The molecule has 0 aliphatic rings. The minimum Gasteiger partial charge on any atom is -0.465 e. The molecule has 0 bridgehead atoms. The van der Waals surface area contributed by atoms with Crippen LogP contribution in [0.5, 0.6) is 0 Å². The number of carbonyl (C=O) groups is 1. The predicted molar refractivity (Wildman–Crippen MR) is 33.1 cm³/mol. The number of alkyl halides is 1. The van der Waals surface area contributed by atoms with Crippen molar-refractivity contribution >= 4 is 47.1 Å². The van der Waals surface area contributed by atoms with Crippen molar-refractivity contribution in [2.45, 2.75) is 6.92 Å². The van der Waals surface area contributed by atoms with Crippen molar-refractivity contribution in [3.8, 4) is 0 Å². The Balaban J connectivity index is 0. The Morgan fingerprint density at radius 3 is 2.38 bits per heavy atom. The quantitative estimate of drug-likeness (QED) is 0.320.